The van der Waals surface area contributed by atoms with Crippen LogP contribution in [0.4, 0.5) is 11.4 Å². The molecular weight excluding hydrogens is 246 g/mol. The first kappa shape index (κ1) is 12.7. The molecule has 1 fully saturated rings. The topological polar surface area (TPSA) is 27.6 Å². The molecule has 1 aliphatic rings. The second kappa shape index (κ2) is 6.24. The fourth-order valence-electron chi connectivity index (χ4n) is 2.47. The molecule has 2 aromatic carbocycles. The SMILES string of the molecule is C(=NNc1ccccc1)c1cccc(N2CCCC2)c1. The molecule has 0 radical (unpaired) electrons. The maximum atomic E-state index is 4.29. The Balaban J connectivity index is 1.66. The monoisotopic (exact) mass is 265 g/mol. The fourth-order valence-corrected chi connectivity index (χ4v) is 2.47. The second-order valence-corrected chi connectivity index (χ2v) is 5.03. The van der Waals surface area contributed by atoms with Gasteiger partial charge in [0.1, 0.15) is 0 Å². The van der Waals surface area contributed by atoms with Gasteiger partial charge in [0, 0.05) is 18.8 Å². The Hall–Kier alpha value is -2.29. The third-order valence-electron chi connectivity index (χ3n) is 3.52. The Morgan fingerprint density at radius 3 is 2.55 bits per heavy atom. The van der Waals surface area contributed by atoms with E-state index in [9.17, 15) is 0 Å². The van der Waals surface area contributed by atoms with Crippen molar-refractivity contribution < 1.29 is 0 Å². The molecule has 0 unspecified atom stereocenters. The van der Waals surface area contributed by atoms with E-state index in [0.29, 0.717) is 0 Å². The molecule has 0 amide bonds. The number of benzene rings is 2. The fraction of sp³-hybridized carbons (Fsp3) is 0.235. The highest BCUT2D eigenvalue weighted by atomic mass is 15.3. The van der Waals surface area contributed by atoms with Crippen molar-refractivity contribution in [3.63, 3.8) is 0 Å². The van der Waals surface area contributed by atoms with Crippen LogP contribution < -0.4 is 10.3 Å². The molecule has 0 saturated carbocycles. The van der Waals surface area contributed by atoms with Crippen LogP contribution in [0.25, 0.3) is 0 Å². The minimum absolute atomic E-state index is 0.999. The number of para-hydroxylation sites is 1. The van der Waals surface area contributed by atoms with Gasteiger partial charge < -0.3 is 4.90 Å². The Kier molecular flexibility index (Phi) is 3.97. The van der Waals surface area contributed by atoms with Crippen LogP contribution in [-0.4, -0.2) is 19.3 Å². The zero-order valence-electron chi connectivity index (χ0n) is 11.5. The lowest BCUT2D eigenvalue weighted by atomic mass is 10.2. The van der Waals surface area contributed by atoms with E-state index in [2.05, 4.69) is 39.7 Å². The number of hydrogen-bond acceptors (Lipinski definition) is 3. The van der Waals surface area contributed by atoms with E-state index in [1.807, 2.05) is 36.5 Å². The van der Waals surface area contributed by atoms with Crippen molar-refractivity contribution >= 4 is 17.6 Å². The van der Waals surface area contributed by atoms with Gasteiger partial charge in [-0.1, -0.05) is 30.3 Å². The lowest BCUT2D eigenvalue weighted by Gasteiger charge is -2.17. The Labute approximate surface area is 119 Å². The lowest BCUT2D eigenvalue weighted by molar-refractivity contribution is 0.949. The maximum Gasteiger partial charge on any atom is 0.0561 e. The van der Waals surface area contributed by atoms with Gasteiger partial charge >= 0.3 is 0 Å². The Morgan fingerprint density at radius 2 is 1.75 bits per heavy atom. The first-order chi connectivity index (χ1) is 9.92. The average molecular weight is 265 g/mol. The molecule has 3 rings (SSSR count). The standard InChI is InChI=1S/C17H19N3/c1-2-8-16(9-3-1)19-18-14-15-7-6-10-17(13-15)20-11-4-5-12-20/h1-3,6-10,13-14,19H,4-5,11-12H2. The Morgan fingerprint density at radius 1 is 0.950 bits per heavy atom. The van der Waals surface area contributed by atoms with Crippen molar-refractivity contribution in [2.24, 2.45) is 5.10 Å². The van der Waals surface area contributed by atoms with E-state index >= 15 is 0 Å². The van der Waals surface area contributed by atoms with Gasteiger partial charge in [0.2, 0.25) is 0 Å². The number of rotatable bonds is 4. The van der Waals surface area contributed by atoms with Crippen molar-refractivity contribution in [2.75, 3.05) is 23.4 Å². The van der Waals surface area contributed by atoms with E-state index in [1.165, 1.54) is 31.6 Å². The molecular formula is C17H19N3. The average Bonchev–Trinajstić information content (AvgIpc) is 3.03. The largest absolute Gasteiger partial charge is 0.372 e. The highest BCUT2D eigenvalue weighted by Crippen LogP contribution is 2.20. The number of nitrogens with zero attached hydrogens (tertiary/aromatic N) is 2. The van der Waals surface area contributed by atoms with Gasteiger partial charge in [-0.25, -0.2) is 0 Å². The van der Waals surface area contributed by atoms with Crippen LogP contribution in [0.15, 0.2) is 59.7 Å². The third kappa shape index (κ3) is 3.18. The van der Waals surface area contributed by atoms with Crippen molar-refractivity contribution in [3.8, 4) is 0 Å². The van der Waals surface area contributed by atoms with Crippen molar-refractivity contribution in [2.45, 2.75) is 12.8 Å². The van der Waals surface area contributed by atoms with E-state index in [4.69, 9.17) is 0 Å². The van der Waals surface area contributed by atoms with E-state index < -0.39 is 0 Å². The quantitative estimate of drug-likeness (QED) is 0.673. The molecule has 1 heterocycles. The maximum absolute atomic E-state index is 4.29. The van der Waals surface area contributed by atoms with Gasteiger partial charge in [-0.05, 0) is 42.7 Å². The first-order valence-electron chi connectivity index (χ1n) is 7.11. The van der Waals surface area contributed by atoms with Crippen molar-refractivity contribution in [1.82, 2.24) is 0 Å². The highest BCUT2D eigenvalue weighted by molar-refractivity contribution is 5.82. The molecule has 2 aromatic rings. The van der Waals surface area contributed by atoms with Crippen LogP contribution in [0.5, 0.6) is 0 Å². The van der Waals surface area contributed by atoms with Crippen LogP contribution in [0.3, 0.4) is 0 Å². The molecule has 0 aliphatic carbocycles. The van der Waals surface area contributed by atoms with Gasteiger partial charge in [0.15, 0.2) is 0 Å². The van der Waals surface area contributed by atoms with Gasteiger partial charge in [-0.15, -0.1) is 0 Å². The summed E-state index contributed by atoms with van der Waals surface area (Å²) in [5.74, 6) is 0. The molecule has 1 N–H and O–H groups in total. The summed E-state index contributed by atoms with van der Waals surface area (Å²) >= 11 is 0. The molecule has 1 saturated heterocycles. The normalized spacial score (nSPS) is 14.9. The van der Waals surface area contributed by atoms with Crippen LogP contribution in [0.1, 0.15) is 18.4 Å². The smallest absolute Gasteiger partial charge is 0.0561 e. The summed E-state index contributed by atoms with van der Waals surface area (Å²) in [6.45, 7) is 2.34. The zero-order chi connectivity index (χ0) is 13.6. The molecule has 1 aliphatic heterocycles. The predicted octanol–water partition coefficient (Wildman–Crippen LogP) is 3.73. The van der Waals surface area contributed by atoms with Gasteiger partial charge in [-0.3, -0.25) is 5.43 Å². The highest BCUT2D eigenvalue weighted by Gasteiger charge is 2.11. The van der Waals surface area contributed by atoms with Crippen molar-refractivity contribution in [1.29, 1.82) is 0 Å². The summed E-state index contributed by atoms with van der Waals surface area (Å²) in [5, 5.41) is 4.29. The number of hydrogen-bond donors (Lipinski definition) is 1. The molecule has 0 bridgehead atoms. The molecule has 3 heteroatoms. The summed E-state index contributed by atoms with van der Waals surface area (Å²) in [6.07, 6.45) is 4.47. The summed E-state index contributed by atoms with van der Waals surface area (Å²) in [6, 6.07) is 18.5. The second-order valence-electron chi connectivity index (χ2n) is 5.03. The van der Waals surface area contributed by atoms with Gasteiger partial charge in [-0.2, -0.15) is 5.10 Å². The van der Waals surface area contributed by atoms with E-state index in [-0.39, 0.29) is 0 Å². The first-order valence-corrected chi connectivity index (χ1v) is 7.11. The lowest BCUT2D eigenvalue weighted by Crippen LogP contribution is -2.17. The molecule has 20 heavy (non-hydrogen) atoms. The minimum Gasteiger partial charge on any atom is -0.372 e. The van der Waals surface area contributed by atoms with Gasteiger partial charge in [0.05, 0.1) is 11.9 Å². The summed E-state index contributed by atoms with van der Waals surface area (Å²) in [5.41, 5.74) is 6.46. The third-order valence-corrected chi connectivity index (χ3v) is 3.52. The summed E-state index contributed by atoms with van der Waals surface area (Å²) < 4.78 is 0. The van der Waals surface area contributed by atoms with Crippen LogP contribution in [-0.2, 0) is 0 Å². The van der Waals surface area contributed by atoms with Crippen LogP contribution in [0.2, 0.25) is 0 Å². The van der Waals surface area contributed by atoms with Crippen LogP contribution in [0, 0.1) is 0 Å². The number of nitrogens with one attached hydrogen (secondary N) is 1. The van der Waals surface area contributed by atoms with Gasteiger partial charge in [0.25, 0.3) is 0 Å². The van der Waals surface area contributed by atoms with Crippen molar-refractivity contribution in [3.05, 3.63) is 60.2 Å². The zero-order valence-corrected chi connectivity index (χ0v) is 11.5. The number of hydrazone groups is 1. The minimum atomic E-state index is 0.999. The summed E-state index contributed by atoms with van der Waals surface area (Å²) in [7, 11) is 0. The Bertz CT molecular complexity index is 572. The number of anilines is 2. The molecule has 0 aromatic heterocycles. The summed E-state index contributed by atoms with van der Waals surface area (Å²) in [4.78, 5) is 2.43. The molecule has 0 spiro atoms. The molecule has 3 nitrogen and oxygen atoms in total. The van der Waals surface area contributed by atoms with E-state index in [0.717, 1.165) is 11.3 Å². The van der Waals surface area contributed by atoms with Crippen LogP contribution >= 0.6 is 0 Å². The predicted molar refractivity (Wildman–Crippen MR) is 85.5 cm³/mol. The molecule has 0 atom stereocenters. The van der Waals surface area contributed by atoms with E-state index in [1.54, 1.807) is 0 Å². The molecule has 102 valence electrons.